The Labute approximate surface area is 117 Å². The number of aliphatic hydroxyl groups is 2. The summed E-state index contributed by atoms with van der Waals surface area (Å²) in [6.07, 6.45) is 0.363. The van der Waals surface area contributed by atoms with Crippen LogP contribution in [0, 0.1) is 0 Å². The summed E-state index contributed by atoms with van der Waals surface area (Å²) in [5.74, 6) is -0.915. The van der Waals surface area contributed by atoms with Gasteiger partial charge in [0.1, 0.15) is 5.75 Å². The molecule has 110 valence electrons. The molecule has 0 saturated heterocycles. The fourth-order valence-electron chi connectivity index (χ4n) is 1.65. The van der Waals surface area contributed by atoms with Crippen LogP contribution in [0.25, 0.3) is 0 Å². The van der Waals surface area contributed by atoms with Gasteiger partial charge in [-0.25, -0.2) is 0 Å². The molecule has 0 aromatic heterocycles. The van der Waals surface area contributed by atoms with Gasteiger partial charge in [-0.05, 0) is 18.6 Å². The second-order valence-corrected chi connectivity index (χ2v) is 4.49. The number of hydrogen-bond donors (Lipinski definition) is 3. The number of aliphatic hydroxyl groups excluding tert-OH is 2. The molecule has 6 heteroatoms. The van der Waals surface area contributed by atoms with Crippen LogP contribution in [0.4, 0.5) is 0 Å². The van der Waals surface area contributed by atoms with E-state index in [1.807, 2.05) is 0 Å². The Balaban J connectivity index is 3.00. The monoisotopic (exact) mass is 281 g/mol. The summed E-state index contributed by atoms with van der Waals surface area (Å²) >= 11 is 0. The van der Waals surface area contributed by atoms with E-state index in [1.54, 1.807) is 19.1 Å². The van der Waals surface area contributed by atoms with Crippen molar-refractivity contribution in [2.75, 3.05) is 13.2 Å². The molecule has 0 saturated carbocycles. The van der Waals surface area contributed by atoms with E-state index in [2.05, 4.69) is 5.32 Å². The number of ether oxygens (including phenoxy) is 1. The fraction of sp³-hybridized carbons (Fsp3) is 0.429. The first-order valence-electron chi connectivity index (χ1n) is 6.29. The summed E-state index contributed by atoms with van der Waals surface area (Å²) in [7, 11) is 0. The zero-order valence-corrected chi connectivity index (χ0v) is 11.5. The van der Waals surface area contributed by atoms with Gasteiger partial charge in [0.25, 0.3) is 5.91 Å². The van der Waals surface area contributed by atoms with E-state index in [0.29, 0.717) is 6.42 Å². The molecule has 0 heterocycles. The van der Waals surface area contributed by atoms with E-state index in [4.69, 9.17) is 4.74 Å². The zero-order valence-electron chi connectivity index (χ0n) is 11.5. The number of carbonyl (C=O) groups is 2. The summed E-state index contributed by atoms with van der Waals surface area (Å²) in [6, 6.07) is 6.28. The van der Waals surface area contributed by atoms with E-state index in [1.165, 1.54) is 19.1 Å². The van der Waals surface area contributed by atoms with Crippen molar-refractivity contribution in [3.63, 3.8) is 0 Å². The predicted molar refractivity (Wildman–Crippen MR) is 72.4 cm³/mol. The normalized spacial score (nSPS) is 11.0. The Kier molecular flexibility index (Phi) is 5.66. The largest absolute Gasteiger partial charge is 0.426 e. The molecule has 1 rings (SSSR count). The summed E-state index contributed by atoms with van der Waals surface area (Å²) in [4.78, 5) is 23.2. The number of para-hydroxylation sites is 1. The SMILES string of the molecule is CCC(CO)(CO)NC(=O)c1ccccc1OC(C)=O. The lowest BCUT2D eigenvalue weighted by Gasteiger charge is -2.29. The van der Waals surface area contributed by atoms with Crippen molar-refractivity contribution in [2.24, 2.45) is 0 Å². The Morgan fingerprint density at radius 2 is 1.85 bits per heavy atom. The van der Waals surface area contributed by atoms with Gasteiger partial charge in [-0.3, -0.25) is 9.59 Å². The highest BCUT2D eigenvalue weighted by Crippen LogP contribution is 2.19. The van der Waals surface area contributed by atoms with Crippen LogP contribution in [0.2, 0.25) is 0 Å². The van der Waals surface area contributed by atoms with Crippen LogP contribution in [-0.2, 0) is 4.79 Å². The molecule has 0 spiro atoms. The molecule has 0 aliphatic carbocycles. The highest BCUT2D eigenvalue weighted by Gasteiger charge is 2.29. The second kappa shape index (κ2) is 7.02. The Morgan fingerprint density at radius 1 is 1.25 bits per heavy atom. The number of carbonyl (C=O) groups excluding carboxylic acids is 2. The molecule has 1 amide bonds. The minimum absolute atomic E-state index is 0.137. The van der Waals surface area contributed by atoms with Crippen LogP contribution in [0.15, 0.2) is 24.3 Å². The molecular weight excluding hydrogens is 262 g/mol. The number of nitrogens with one attached hydrogen (secondary N) is 1. The van der Waals surface area contributed by atoms with Crippen LogP contribution in [0.3, 0.4) is 0 Å². The average Bonchev–Trinajstić information content (AvgIpc) is 2.44. The lowest BCUT2D eigenvalue weighted by Crippen LogP contribution is -2.53. The third-order valence-corrected chi connectivity index (χ3v) is 3.05. The van der Waals surface area contributed by atoms with Crippen molar-refractivity contribution in [3.05, 3.63) is 29.8 Å². The minimum Gasteiger partial charge on any atom is -0.426 e. The first kappa shape index (κ1) is 16.1. The summed E-state index contributed by atoms with van der Waals surface area (Å²) in [6.45, 7) is 2.21. The average molecular weight is 281 g/mol. The van der Waals surface area contributed by atoms with E-state index >= 15 is 0 Å². The maximum absolute atomic E-state index is 12.2. The number of esters is 1. The minimum atomic E-state index is -1.10. The Hall–Kier alpha value is -1.92. The lowest BCUT2D eigenvalue weighted by atomic mass is 9.97. The fourth-order valence-corrected chi connectivity index (χ4v) is 1.65. The van der Waals surface area contributed by atoms with Crippen molar-refractivity contribution >= 4 is 11.9 Å². The smallest absolute Gasteiger partial charge is 0.308 e. The molecule has 20 heavy (non-hydrogen) atoms. The van der Waals surface area contributed by atoms with Gasteiger partial charge in [0.15, 0.2) is 0 Å². The third kappa shape index (κ3) is 3.79. The molecule has 0 aliphatic heterocycles. The van der Waals surface area contributed by atoms with Crippen molar-refractivity contribution in [1.29, 1.82) is 0 Å². The van der Waals surface area contributed by atoms with Crippen LogP contribution < -0.4 is 10.1 Å². The van der Waals surface area contributed by atoms with Crippen LogP contribution in [-0.4, -0.2) is 40.8 Å². The molecule has 0 bridgehead atoms. The number of hydrogen-bond acceptors (Lipinski definition) is 5. The maximum atomic E-state index is 12.2. The molecule has 3 N–H and O–H groups in total. The molecule has 0 radical (unpaired) electrons. The molecule has 0 fully saturated rings. The van der Waals surface area contributed by atoms with Gasteiger partial charge in [0.2, 0.25) is 0 Å². The molecule has 0 aliphatic rings. The lowest BCUT2D eigenvalue weighted by molar-refractivity contribution is -0.131. The standard InChI is InChI=1S/C14H19NO5/c1-3-14(8-16,9-17)15-13(19)11-6-4-5-7-12(11)20-10(2)18/h4-7,16-17H,3,8-9H2,1-2H3,(H,15,19). The molecule has 6 nitrogen and oxygen atoms in total. The van der Waals surface area contributed by atoms with Gasteiger partial charge in [-0.15, -0.1) is 0 Å². The van der Waals surface area contributed by atoms with Gasteiger partial charge in [0, 0.05) is 6.92 Å². The topological polar surface area (TPSA) is 95.9 Å². The van der Waals surface area contributed by atoms with Crippen molar-refractivity contribution in [3.8, 4) is 5.75 Å². The molecule has 0 unspecified atom stereocenters. The first-order chi connectivity index (χ1) is 9.48. The summed E-state index contributed by atoms with van der Waals surface area (Å²) in [5, 5.41) is 21.2. The van der Waals surface area contributed by atoms with Crippen LogP contribution >= 0.6 is 0 Å². The highest BCUT2D eigenvalue weighted by atomic mass is 16.5. The number of benzene rings is 1. The predicted octanol–water partition coefficient (Wildman–Crippen LogP) is 0.475. The van der Waals surface area contributed by atoms with Crippen molar-refractivity contribution < 1.29 is 24.5 Å². The highest BCUT2D eigenvalue weighted by molar-refractivity contribution is 5.98. The van der Waals surface area contributed by atoms with E-state index in [-0.39, 0.29) is 24.5 Å². The van der Waals surface area contributed by atoms with Crippen LogP contribution in [0.5, 0.6) is 5.75 Å². The van der Waals surface area contributed by atoms with Crippen LogP contribution in [0.1, 0.15) is 30.6 Å². The van der Waals surface area contributed by atoms with Gasteiger partial charge < -0.3 is 20.3 Å². The third-order valence-electron chi connectivity index (χ3n) is 3.05. The Bertz CT molecular complexity index is 474. The van der Waals surface area contributed by atoms with Gasteiger partial charge in [-0.2, -0.15) is 0 Å². The van der Waals surface area contributed by atoms with E-state index < -0.39 is 17.4 Å². The van der Waals surface area contributed by atoms with Gasteiger partial charge in [0.05, 0.1) is 24.3 Å². The van der Waals surface area contributed by atoms with E-state index in [0.717, 1.165) is 0 Å². The number of amides is 1. The quantitative estimate of drug-likeness (QED) is 0.520. The van der Waals surface area contributed by atoms with Gasteiger partial charge >= 0.3 is 5.97 Å². The van der Waals surface area contributed by atoms with Crippen molar-refractivity contribution in [2.45, 2.75) is 25.8 Å². The summed E-state index contributed by atoms with van der Waals surface area (Å²) < 4.78 is 4.96. The Morgan fingerprint density at radius 3 is 2.35 bits per heavy atom. The maximum Gasteiger partial charge on any atom is 0.308 e. The molecule has 1 aromatic carbocycles. The van der Waals surface area contributed by atoms with E-state index in [9.17, 15) is 19.8 Å². The first-order valence-corrected chi connectivity index (χ1v) is 6.29. The zero-order chi connectivity index (χ0) is 15.2. The number of rotatable bonds is 6. The second-order valence-electron chi connectivity index (χ2n) is 4.49. The molecule has 0 atom stereocenters. The molecule has 1 aromatic rings. The van der Waals surface area contributed by atoms with Crippen molar-refractivity contribution in [1.82, 2.24) is 5.32 Å². The molecular formula is C14H19NO5. The summed E-state index contributed by atoms with van der Waals surface area (Å²) in [5.41, 5.74) is -0.928. The van der Waals surface area contributed by atoms with Gasteiger partial charge in [-0.1, -0.05) is 19.1 Å².